The van der Waals surface area contributed by atoms with Crippen LogP contribution in [-0.2, 0) is 14.9 Å². The molecule has 1 unspecified atom stereocenters. The second-order valence-corrected chi connectivity index (χ2v) is 14.0. The molecule has 0 fully saturated rings. The third-order valence-corrected chi connectivity index (χ3v) is 6.28. The first-order chi connectivity index (χ1) is 10.7. The van der Waals surface area contributed by atoms with Crippen molar-refractivity contribution in [3.63, 3.8) is 0 Å². The summed E-state index contributed by atoms with van der Waals surface area (Å²) in [4.78, 5) is 12.8. The molecule has 0 N–H and O–H groups in total. The molecule has 1 aromatic rings. The highest BCUT2D eigenvalue weighted by Crippen LogP contribution is 2.33. The van der Waals surface area contributed by atoms with Crippen LogP contribution in [0.2, 0.25) is 25.7 Å². The van der Waals surface area contributed by atoms with Crippen molar-refractivity contribution in [2.24, 2.45) is 0 Å². The highest BCUT2D eigenvalue weighted by molar-refractivity contribution is 9.10. The minimum Gasteiger partial charge on any atom is -0.465 e. The fraction of sp³-hybridized carbons (Fsp3) is 0.526. The number of allylic oxidation sites excluding steroid dienone is 1. The van der Waals surface area contributed by atoms with E-state index in [2.05, 4.69) is 42.1 Å². The van der Waals surface area contributed by atoms with Crippen molar-refractivity contribution in [3.05, 3.63) is 47.0 Å². The third kappa shape index (κ3) is 6.64. The zero-order valence-corrected chi connectivity index (χ0v) is 17.4. The lowest BCUT2D eigenvalue weighted by molar-refractivity contribution is -0.149. The molecule has 4 heteroatoms. The van der Waals surface area contributed by atoms with Crippen molar-refractivity contribution in [3.8, 4) is 0 Å². The van der Waals surface area contributed by atoms with Crippen molar-refractivity contribution in [1.29, 1.82) is 0 Å². The fourth-order valence-electron chi connectivity index (χ4n) is 2.41. The smallest absolute Gasteiger partial charge is 0.316 e. The summed E-state index contributed by atoms with van der Waals surface area (Å²) in [5.74, 6) is -0.113. The number of hydrogen-bond donors (Lipinski definition) is 0. The SMILES string of the molecule is C=CCCCC(C)(C(=O)OCC[Si](C)(C)C)c1cccc(Br)c1. The van der Waals surface area contributed by atoms with Crippen LogP contribution in [0.1, 0.15) is 31.7 Å². The van der Waals surface area contributed by atoms with Crippen LogP contribution in [-0.4, -0.2) is 20.7 Å². The van der Waals surface area contributed by atoms with E-state index >= 15 is 0 Å². The second kappa shape index (κ2) is 8.83. The van der Waals surface area contributed by atoms with Gasteiger partial charge in [0, 0.05) is 12.5 Å². The van der Waals surface area contributed by atoms with Crippen molar-refractivity contribution < 1.29 is 9.53 Å². The molecule has 0 spiro atoms. The minimum absolute atomic E-state index is 0.113. The van der Waals surface area contributed by atoms with Crippen LogP contribution in [0.25, 0.3) is 0 Å². The number of esters is 1. The lowest BCUT2D eigenvalue weighted by atomic mass is 9.78. The van der Waals surface area contributed by atoms with Crippen LogP contribution in [0, 0.1) is 0 Å². The molecule has 0 amide bonds. The van der Waals surface area contributed by atoms with Gasteiger partial charge in [0.1, 0.15) is 0 Å². The Labute approximate surface area is 150 Å². The fourth-order valence-corrected chi connectivity index (χ4v) is 3.52. The number of carbonyl (C=O) groups is 1. The quantitative estimate of drug-likeness (QED) is 0.223. The Hall–Kier alpha value is -0.873. The van der Waals surface area contributed by atoms with E-state index in [0.29, 0.717) is 6.61 Å². The molecule has 0 saturated heterocycles. The molecule has 0 heterocycles. The average molecular weight is 397 g/mol. The van der Waals surface area contributed by atoms with Gasteiger partial charge in [-0.15, -0.1) is 6.58 Å². The van der Waals surface area contributed by atoms with Gasteiger partial charge in [-0.05, 0) is 49.9 Å². The molecule has 0 radical (unpaired) electrons. The molecular formula is C19H29BrO2Si. The molecule has 23 heavy (non-hydrogen) atoms. The first-order valence-corrected chi connectivity index (χ1v) is 12.7. The summed E-state index contributed by atoms with van der Waals surface area (Å²) in [5.41, 5.74) is 0.403. The molecule has 0 aliphatic carbocycles. The van der Waals surface area contributed by atoms with Gasteiger partial charge in [-0.3, -0.25) is 4.79 Å². The van der Waals surface area contributed by atoms with E-state index in [0.717, 1.165) is 35.3 Å². The summed E-state index contributed by atoms with van der Waals surface area (Å²) in [5, 5.41) is 0. The van der Waals surface area contributed by atoms with Crippen LogP contribution < -0.4 is 0 Å². The summed E-state index contributed by atoms with van der Waals surface area (Å²) >= 11 is 3.50. The van der Waals surface area contributed by atoms with Crippen LogP contribution in [0.3, 0.4) is 0 Å². The van der Waals surface area contributed by atoms with Gasteiger partial charge >= 0.3 is 5.97 Å². The molecule has 1 aromatic carbocycles. The van der Waals surface area contributed by atoms with E-state index in [1.54, 1.807) is 0 Å². The molecule has 0 aliphatic rings. The summed E-state index contributed by atoms with van der Waals surface area (Å²) in [6.07, 6.45) is 4.50. The monoisotopic (exact) mass is 396 g/mol. The van der Waals surface area contributed by atoms with Gasteiger partial charge in [0.15, 0.2) is 0 Å². The van der Waals surface area contributed by atoms with E-state index in [4.69, 9.17) is 4.74 Å². The molecule has 1 rings (SSSR count). The number of carbonyl (C=O) groups excluding carboxylic acids is 1. The zero-order valence-electron chi connectivity index (χ0n) is 14.8. The topological polar surface area (TPSA) is 26.3 Å². The van der Waals surface area contributed by atoms with Crippen molar-refractivity contribution in [2.45, 2.75) is 57.3 Å². The lowest BCUT2D eigenvalue weighted by Gasteiger charge is -2.29. The number of halogens is 1. The van der Waals surface area contributed by atoms with Crippen LogP contribution >= 0.6 is 15.9 Å². The highest BCUT2D eigenvalue weighted by atomic mass is 79.9. The average Bonchev–Trinajstić information content (AvgIpc) is 2.45. The maximum Gasteiger partial charge on any atom is 0.316 e. The van der Waals surface area contributed by atoms with E-state index < -0.39 is 13.5 Å². The Bertz CT molecular complexity index is 536. The molecule has 0 aliphatic heterocycles. The minimum atomic E-state index is -1.20. The zero-order chi connectivity index (χ0) is 17.5. The molecular weight excluding hydrogens is 368 g/mol. The van der Waals surface area contributed by atoms with Crippen LogP contribution in [0.5, 0.6) is 0 Å². The largest absolute Gasteiger partial charge is 0.465 e. The predicted molar refractivity (Wildman–Crippen MR) is 105 cm³/mol. The van der Waals surface area contributed by atoms with Gasteiger partial charge in [0.05, 0.1) is 12.0 Å². The number of benzene rings is 1. The molecule has 2 nitrogen and oxygen atoms in total. The Kier molecular flexibility index (Phi) is 7.75. The van der Waals surface area contributed by atoms with Crippen molar-refractivity contribution in [1.82, 2.24) is 0 Å². The van der Waals surface area contributed by atoms with E-state index in [-0.39, 0.29) is 5.97 Å². The van der Waals surface area contributed by atoms with Crippen molar-refractivity contribution >= 4 is 30.0 Å². The van der Waals surface area contributed by atoms with Gasteiger partial charge < -0.3 is 4.74 Å². The van der Waals surface area contributed by atoms with Crippen LogP contribution in [0.15, 0.2) is 41.4 Å². The van der Waals surface area contributed by atoms with E-state index in [9.17, 15) is 4.79 Å². The Morgan fingerprint density at radius 1 is 1.39 bits per heavy atom. The Morgan fingerprint density at radius 3 is 2.65 bits per heavy atom. The van der Waals surface area contributed by atoms with E-state index in [1.807, 2.05) is 37.3 Å². The van der Waals surface area contributed by atoms with Gasteiger partial charge in [-0.2, -0.15) is 0 Å². The standard InChI is InChI=1S/C19H29BrO2Si/c1-6-7-8-12-19(2,16-10-9-11-17(20)15-16)18(21)22-13-14-23(3,4)5/h6,9-11,15H,1,7-8,12-14H2,2-5H3. The Balaban J connectivity index is 2.90. The molecule has 0 bridgehead atoms. The summed E-state index contributed by atoms with van der Waals surface area (Å²) in [6, 6.07) is 8.98. The summed E-state index contributed by atoms with van der Waals surface area (Å²) < 4.78 is 6.65. The summed E-state index contributed by atoms with van der Waals surface area (Å²) in [7, 11) is -1.20. The Morgan fingerprint density at radius 2 is 2.09 bits per heavy atom. The number of ether oxygens (including phenoxy) is 1. The maximum atomic E-state index is 12.8. The van der Waals surface area contributed by atoms with Gasteiger partial charge in [0.2, 0.25) is 0 Å². The molecule has 1 atom stereocenters. The number of hydrogen-bond acceptors (Lipinski definition) is 2. The van der Waals surface area contributed by atoms with Gasteiger partial charge in [-0.25, -0.2) is 0 Å². The van der Waals surface area contributed by atoms with Gasteiger partial charge in [0.25, 0.3) is 0 Å². The summed E-state index contributed by atoms with van der Waals surface area (Å²) in [6.45, 7) is 13.2. The molecule has 128 valence electrons. The molecule has 0 saturated carbocycles. The van der Waals surface area contributed by atoms with Crippen LogP contribution in [0.4, 0.5) is 0 Å². The lowest BCUT2D eigenvalue weighted by Crippen LogP contribution is -2.35. The van der Waals surface area contributed by atoms with Crippen molar-refractivity contribution in [2.75, 3.05) is 6.61 Å². The van der Waals surface area contributed by atoms with E-state index in [1.165, 1.54) is 0 Å². The highest BCUT2D eigenvalue weighted by Gasteiger charge is 2.36. The second-order valence-electron chi connectivity index (χ2n) is 7.47. The molecule has 0 aromatic heterocycles. The van der Waals surface area contributed by atoms with Gasteiger partial charge in [-0.1, -0.05) is 53.8 Å². The first-order valence-electron chi connectivity index (χ1n) is 8.23. The normalized spacial score (nSPS) is 14.1. The number of rotatable bonds is 9. The maximum absolute atomic E-state index is 12.8. The first kappa shape index (κ1) is 20.2. The number of unbranched alkanes of at least 4 members (excludes halogenated alkanes) is 1. The predicted octanol–water partition coefficient (Wildman–Crippen LogP) is 5.94. The third-order valence-electron chi connectivity index (χ3n) is 4.08.